The van der Waals surface area contributed by atoms with Crippen LogP contribution in [0.5, 0.6) is 0 Å². The second-order valence-electron chi connectivity index (χ2n) is 2.61. The van der Waals surface area contributed by atoms with Crippen LogP contribution in [-0.2, 0) is 0 Å². The minimum atomic E-state index is -0.715. The van der Waals surface area contributed by atoms with Gasteiger partial charge in [-0.1, -0.05) is 23.2 Å². The SMILES string of the molecule is NCC[C@@H](O)c1c(Cl)cncc1Cl. The van der Waals surface area contributed by atoms with Crippen LogP contribution >= 0.6 is 23.2 Å². The van der Waals surface area contributed by atoms with Crippen molar-refractivity contribution >= 4 is 23.2 Å². The Bertz CT molecular complexity index is 273. The summed E-state index contributed by atoms with van der Waals surface area (Å²) < 4.78 is 0. The molecule has 3 N–H and O–H groups in total. The highest BCUT2D eigenvalue weighted by Gasteiger charge is 2.14. The maximum absolute atomic E-state index is 9.61. The molecule has 0 saturated carbocycles. The van der Waals surface area contributed by atoms with Gasteiger partial charge in [-0.25, -0.2) is 0 Å². The Labute approximate surface area is 86.5 Å². The molecule has 0 amide bonds. The summed E-state index contributed by atoms with van der Waals surface area (Å²) in [6.45, 7) is 0.385. The summed E-state index contributed by atoms with van der Waals surface area (Å²) in [6.07, 6.45) is 2.61. The van der Waals surface area contributed by atoms with Crippen LogP contribution < -0.4 is 5.73 Å². The number of aliphatic hydroxyl groups is 1. The summed E-state index contributed by atoms with van der Waals surface area (Å²) in [5, 5.41) is 10.3. The van der Waals surface area contributed by atoms with Crippen molar-refractivity contribution in [1.29, 1.82) is 0 Å². The molecule has 1 aromatic heterocycles. The zero-order valence-electron chi connectivity index (χ0n) is 6.87. The summed E-state index contributed by atoms with van der Waals surface area (Å²) in [6, 6.07) is 0. The van der Waals surface area contributed by atoms with Crippen molar-refractivity contribution in [3.05, 3.63) is 28.0 Å². The Hall–Kier alpha value is -0.350. The standard InChI is InChI=1S/C8H10Cl2N2O/c9-5-3-12-4-6(10)8(5)7(13)1-2-11/h3-4,7,13H,1-2,11H2/t7-/m1/s1. The number of nitrogens with zero attached hydrogens (tertiary/aromatic N) is 1. The van der Waals surface area contributed by atoms with E-state index in [1.54, 1.807) is 0 Å². The maximum Gasteiger partial charge on any atom is 0.0832 e. The topological polar surface area (TPSA) is 59.1 Å². The molecule has 72 valence electrons. The third-order valence-corrected chi connectivity index (χ3v) is 2.27. The Morgan fingerprint density at radius 1 is 1.38 bits per heavy atom. The van der Waals surface area contributed by atoms with Crippen LogP contribution in [0.25, 0.3) is 0 Å². The molecular weight excluding hydrogens is 211 g/mol. The number of nitrogens with two attached hydrogens (primary N) is 1. The van der Waals surface area contributed by atoms with E-state index >= 15 is 0 Å². The molecule has 0 aliphatic carbocycles. The monoisotopic (exact) mass is 220 g/mol. The third-order valence-electron chi connectivity index (χ3n) is 1.66. The first-order valence-corrected chi connectivity index (χ1v) is 4.59. The molecule has 0 spiro atoms. The molecule has 13 heavy (non-hydrogen) atoms. The van der Waals surface area contributed by atoms with Gasteiger partial charge in [-0.15, -0.1) is 0 Å². The molecule has 0 bridgehead atoms. The molecule has 0 unspecified atom stereocenters. The predicted octanol–water partition coefficient (Wildman–Crippen LogP) is 1.77. The van der Waals surface area contributed by atoms with Gasteiger partial charge in [0.2, 0.25) is 0 Å². The lowest BCUT2D eigenvalue weighted by molar-refractivity contribution is 0.170. The predicted molar refractivity (Wildman–Crippen MR) is 52.9 cm³/mol. The van der Waals surface area contributed by atoms with Crippen molar-refractivity contribution in [2.75, 3.05) is 6.54 Å². The van der Waals surface area contributed by atoms with Crippen molar-refractivity contribution in [2.45, 2.75) is 12.5 Å². The molecule has 0 aliphatic rings. The van der Waals surface area contributed by atoms with Gasteiger partial charge in [0.15, 0.2) is 0 Å². The fraction of sp³-hybridized carbons (Fsp3) is 0.375. The number of hydrogen-bond acceptors (Lipinski definition) is 3. The van der Waals surface area contributed by atoms with E-state index in [-0.39, 0.29) is 0 Å². The van der Waals surface area contributed by atoms with Gasteiger partial charge >= 0.3 is 0 Å². The Morgan fingerprint density at radius 3 is 2.38 bits per heavy atom. The van der Waals surface area contributed by atoms with Crippen LogP contribution in [0, 0.1) is 0 Å². The van der Waals surface area contributed by atoms with Crippen molar-refractivity contribution < 1.29 is 5.11 Å². The van der Waals surface area contributed by atoms with Crippen molar-refractivity contribution in [1.82, 2.24) is 4.98 Å². The van der Waals surface area contributed by atoms with E-state index in [9.17, 15) is 5.11 Å². The molecule has 1 heterocycles. The first-order valence-electron chi connectivity index (χ1n) is 3.84. The third kappa shape index (κ3) is 2.54. The number of rotatable bonds is 3. The lowest BCUT2D eigenvalue weighted by Gasteiger charge is -2.12. The van der Waals surface area contributed by atoms with Gasteiger partial charge in [-0.3, -0.25) is 4.98 Å². The fourth-order valence-corrected chi connectivity index (χ4v) is 1.66. The van der Waals surface area contributed by atoms with E-state index in [4.69, 9.17) is 28.9 Å². The summed E-state index contributed by atoms with van der Waals surface area (Å²) in [7, 11) is 0. The van der Waals surface area contributed by atoms with E-state index in [1.807, 2.05) is 0 Å². The van der Waals surface area contributed by atoms with Crippen LogP contribution in [0.3, 0.4) is 0 Å². The molecule has 0 saturated heterocycles. The van der Waals surface area contributed by atoms with E-state index < -0.39 is 6.10 Å². The Kier molecular flexibility index (Phi) is 3.93. The molecule has 0 aliphatic heterocycles. The van der Waals surface area contributed by atoms with Crippen LogP contribution in [0.15, 0.2) is 12.4 Å². The number of hydrogen-bond donors (Lipinski definition) is 2. The van der Waals surface area contributed by atoms with E-state index in [2.05, 4.69) is 4.98 Å². The molecular formula is C8H10Cl2N2O. The highest BCUT2D eigenvalue weighted by molar-refractivity contribution is 6.35. The van der Waals surface area contributed by atoms with Crippen molar-refractivity contribution in [3.8, 4) is 0 Å². The van der Waals surface area contributed by atoms with Crippen LogP contribution in [0.2, 0.25) is 10.0 Å². The van der Waals surface area contributed by atoms with Gasteiger partial charge in [0.05, 0.1) is 16.1 Å². The van der Waals surface area contributed by atoms with Gasteiger partial charge < -0.3 is 10.8 Å². The lowest BCUT2D eigenvalue weighted by atomic mass is 10.1. The summed E-state index contributed by atoms with van der Waals surface area (Å²) >= 11 is 11.6. The highest BCUT2D eigenvalue weighted by atomic mass is 35.5. The minimum Gasteiger partial charge on any atom is -0.388 e. The minimum absolute atomic E-state index is 0.369. The molecule has 5 heteroatoms. The molecule has 1 rings (SSSR count). The molecule has 0 aromatic carbocycles. The number of aromatic nitrogens is 1. The molecule has 3 nitrogen and oxygen atoms in total. The summed E-state index contributed by atoms with van der Waals surface area (Å²) in [5.74, 6) is 0. The lowest BCUT2D eigenvalue weighted by Crippen LogP contribution is -2.07. The molecule has 1 aromatic rings. The smallest absolute Gasteiger partial charge is 0.0832 e. The second kappa shape index (κ2) is 4.77. The number of aliphatic hydroxyl groups excluding tert-OH is 1. The Morgan fingerprint density at radius 2 is 1.92 bits per heavy atom. The summed E-state index contributed by atoms with van der Waals surface area (Å²) in [4.78, 5) is 3.78. The van der Waals surface area contributed by atoms with E-state index in [0.717, 1.165) is 0 Å². The second-order valence-corrected chi connectivity index (χ2v) is 3.42. The quantitative estimate of drug-likeness (QED) is 0.817. The summed E-state index contributed by atoms with van der Waals surface area (Å²) in [5.41, 5.74) is 5.81. The largest absolute Gasteiger partial charge is 0.388 e. The average Bonchev–Trinajstić information content (AvgIpc) is 2.04. The zero-order valence-corrected chi connectivity index (χ0v) is 8.39. The van der Waals surface area contributed by atoms with E-state index in [1.165, 1.54) is 12.4 Å². The van der Waals surface area contributed by atoms with Crippen molar-refractivity contribution in [2.24, 2.45) is 5.73 Å². The first-order chi connectivity index (χ1) is 6.16. The molecule has 1 atom stereocenters. The van der Waals surface area contributed by atoms with Gasteiger partial charge in [-0.05, 0) is 13.0 Å². The van der Waals surface area contributed by atoms with Crippen LogP contribution in [0.4, 0.5) is 0 Å². The van der Waals surface area contributed by atoms with Gasteiger partial charge in [0.25, 0.3) is 0 Å². The normalized spacial score (nSPS) is 12.9. The molecule has 0 fully saturated rings. The Balaban J connectivity index is 2.98. The number of pyridine rings is 1. The van der Waals surface area contributed by atoms with Gasteiger partial charge in [0.1, 0.15) is 0 Å². The van der Waals surface area contributed by atoms with E-state index in [0.29, 0.717) is 28.6 Å². The average molecular weight is 221 g/mol. The number of halogens is 2. The van der Waals surface area contributed by atoms with Crippen LogP contribution in [0.1, 0.15) is 18.1 Å². The zero-order chi connectivity index (χ0) is 9.84. The maximum atomic E-state index is 9.61. The van der Waals surface area contributed by atoms with Gasteiger partial charge in [-0.2, -0.15) is 0 Å². The highest BCUT2D eigenvalue weighted by Crippen LogP contribution is 2.30. The molecule has 0 radical (unpaired) electrons. The van der Waals surface area contributed by atoms with Crippen molar-refractivity contribution in [3.63, 3.8) is 0 Å². The van der Waals surface area contributed by atoms with Crippen LogP contribution in [-0.4, -0.2) is 16.6 Å². The first kappa shape index (κ1) is 10.7. The fourth-order valence-electron chi connectivity index (χ4n) is 1.04. The van der Waals surface area contributed by atoms with Gasteiger partial charge in [0, 0.05) is 18.0 Å².